The molecule has 7 heteroatoms. The molecule has 0 unspecified atom stereocenters. The van der Waals surface area contributed by atoms with Crippen molar-refractivity contribution in [2.75, 3.05) is 18.6 Å². The molecule has 3 aromatic rings. The highest BCUT2D eigenvalue weighted by atomic mass is 35.5. The van der Waals surface area contributed by atoms with E-state index >= 15 is 0 Å². The number of carbonyl (C=O) groups excluding carboxylic acids is 1. The van der Waals surface area contributed by atoms with Gasteiger partial charge in [0.25, 0.3) is 0 Å². The average molecular weight is 372 g/mol. The fourth-order valence-electron chi connectivity index (χ4n) is 3.08. The normalized spacial score (nSPS) is 14.3. The topological polar surface area (TPSA) is 55.3 Å². The Labute approximate surface area is 154 Å². The van der Waals surface area contributed by atoms with Gasteiger partial charge in [-0.25, -0.2) is 14.4 Å². The lowest BCUT2D eigenvalue weighted by molar-refractivity contribution is -0.117. The van der Waals surface area contributed by atoms with Gasteiger partial charge in [0.1, 0.15) is 5.82 Å². The van der Waals surface area contributed by atoms with Gasteiger partial charge >= 0.3 is 0 Å². The molecule has 0 N–H and O–H groups in total. The molecule has 0 saturated carbocycles. The second-order valence-corrected chi connectivity index (χ2v) is 6.45. The summed E-state index contributed by atoms with van der Waals surface area (Å²) in [5, 5.41) is 0.909. The van der Waals surface area contributed by atoms with Gasteiger partial charge in [0, 0.05) is 36.2 Å². The second-order valence-electron chi connectivity index (χ2n) is 6.05. The number of pyridine rings is 2. The molecule has 1 saturated heterocycles. The van der Waals surface area contributed by atoms with Crippen molar-refractivity contribution in [1.29, 1.82) is 0 Å². The molecule has 0 radical (unpaired) electrons. The van der Waals surface area contributed by atoms with E-state index in [-0.39, 0.29) is 11.7 Å². The zero-order valence-electron chi connectivity index (χ0n) is 14.0. The monoisotopic (exact) mass is 371 g/mol. The molecule has 1 fully saturated rings. The first kappa shape index (κ1) is 16.7. The minimum atomic E-state index is -0.488. The Kier molecular flexibility index (Phi) is 4.20. The molecule has 1 aliphatic heterocycles. The fourth-order valence-corrected chi connectivity index (χ4v) is 3.33. The largest absolute Gasteiger partial charge is 0.494 e. The third-order valence-corrected chi connectivity index (χ3v) is 4.74. The minimum Gasteiger partial charge on any atom is -0.494 e. The standard InChI is InChI=1S/C19H15ClFN3O2/c1-26-17-9-16-12(7-14(17)21)13(20)8-15(23-16)11-4-5-18(22-10-11)24-6-2-3-19(24)25/h4-5,7-10H,2-3,6H2,1H3. The highest BCUT2D eigenvalue weighted by molar-refractivity contribution is 6.35. The van der Waals surface area contributed by atoms with E-state index < -0.39 is 5.82 Å². The van der Waals surface area contributed by atoms with Crippen LogP contribution in [0.5, 0.6) is 5.75 Å². The fraction of sp³-hybridized carbons (Fsp3) is 0.211. The van der Waals surface area contributed by atoms with Gasteiger partial charge in [0.05, 0.1) is 23.3 Å². The molecule has 0 bridgehead atoms. The number of aromatic nitrogens is 2. The zero-order chi connectivity index (χ0) is 18.3. The Morgan fingerprint density at radius 3 is 2.77 bits per heavy atom. The average Bonchev–Trinajstić information content (AvgIpc) is 3.08. The van der Waals surface area contributed by atoms with Crippen molar-refractivity contribution in [2.45, 2.75) is 12.8 Å². The SMILES string of the molecule is COc1cc2nc(-c3ccc(N4CCCC4=O)nc3)cc(Cl)c2cc1F. The number of hydrogen-bond acceptors (Lipinski definition) is 4. The predicted molar refractivity (Wildman–Crippen MR) is 98.1 cm³/mol. The highest BCUT2D eigenvalue weighted by Crippen LogP contribution is 2.32. The lowest BCUT2D eigenvalue weighted by Gasteiger charge is -2.14. The van der Waals surface area contributed by atoms with E-state index in [0.29, 0.717) is 40.4 Å². The van der Waals surface area contributed by atoms with Gasteiger partial charge in [-0.05, 0) is 30.7 Å². The van der Waals surface area contributed by atoms with Crippen molar-refractivity contribution in [3.63, 3.8) is 0 Å². The molecule has 1 aliphatic rings. The summed E-state index contributed by atoms with van der Waals surface area (Å²) in [5.41, 5.74) is 1.90. The number of amides is 1. The van der Waals surface area contributed by atoms with Crippen LogP contribution >= 0.6 is 11.6 Å². The summed E-state index contributed by atoms with van der Waals surface area (Å²) in [7, 11) is 1.40. The van der Waals surface area contributed by atoms with Gasteiger partial charge in [0.2, 0.25) is 5.91 Å². The molecule has 1 amide bonds. The lowest BCUT2D eigenvalue weighted by Crippen LogP contribution is -2.24. The number of anilines is 1. The van der Waals surface area contributed by atoms with Gasteiger partial charge < -0.3 is 4.74 Å². The van der Waals surface area contributed by atoms with Gasteiger partial charge in [-0.3, -0.25) is 9.69 Å². The van der Waals surface area contributed by atoms with Crippen LogP contribution in [0.25, 0.3) is 22.2 Å². The van der Waals surface area contributed by atoms with Gasteiger partial charge in [-0.15, -0.1) is 0 Å². The highest BCUT2D eigenvalue weighted by Gasteiger charge is 2.22. The second kappa shape index (κ2) is 6.53. The number of halogens is 2. The van der Waals surface area contributed by atoms with Crippen LogP contribution in [-0.2, 0) is 4.79 Å². The summed E-state index contributed by atoms with van der Waals surface area (Å²) in [6, 6.07) is 8.15. The first-order valence-corrected chi connectivity index (χ1v) is 8.55. The zero-order valence-corrected chi connectivity index (χ0v) is 14.8. The molecule has 132 valence electrons. The van der Waals surface area contributed by atoms with Crippen LogP contribution in [0.15, 0.2) is 36.5 Å². The Hall–Kier alpha value is -2.73. The summed E-state index contributed by atoms with van der Waals surface area (Å²) in [6.07, 6.45) is 3.07. The van der Waals surface area contributed by atoms with Gasteiger partial charge in [0.15, 0.2) is 11.6 Å². The third kappa shape index (κ3) is 2.86. The number of ether oxygens (including phenoxy) is 1. The maximum Gasteiger partial charge on any atom is 0.228 e. The number of nitrogens with zero attached hydrogens (tertiary/aromatic N) is 3. The molecule has 2 aromatic heterocycles. The van der Waals surface area contributed by atoms with Crippen molar-refractivity contribution < 1.29 is 13.9 Å². The molecular weight excluding hydrogens is 357 g/mol. The van der Waals surface area contributed by atoms with Crippen LogP contribution in [0, 0.1) is 5.82 Å². The lowest BCUT2D eigenvalue weighted by atomic mass is 10.1. The first-order chi connectivity index (χ1) is 12.6. The van der Waals surface area contributed by atoms with Crippen LogP contribution < -0.4 is 9.64 Å². The van der Waals surface area contributed by atoms with Crippen LogP contribution in [0.2, 0.25) is 5.02 Å². The first-order valence-electron chi connectivity index (χ1n) is 8.17. The van der Waals surface area contributed by atoms with Crippen LogP contribution in [-0.4, -0.2) is 29.5 Å². The van der Waals surface area contributed by atoms with Crippen molar-refractivity contribution in [2.24, 2.45) is 0 Å². The molecule has 0 aliphatic carbocycles. The van der Waals surface area contributed by atoms with E-state index in [2.05, 4.69) is 9.97 Å². The Morgan fingerprint density at radius 1 is 1.27 bits per heavy atom. The summed E-state index contributed by atoms with van der Waals surface area (Å²) in [5.74, 6) is 0.343. The van der Waals surface area contributed by atoms with E-state index in [9.17, 15) is 9.18 Å². The molecule has 4 rings (SSSR count). The molecule has 5 nitrogen and oxygen atoms in total. The van der Waals surface area contributed by atoms with Crippen molar-refractivity contribution in [3.8, 4) is 17.0 Å². The predicted octanol–water partition coefficient (Wildman–Crippen LogP) is 4.22. The van der Waals surface area contributed by atoms with Crippen molar-refractivity contribution >= 4 is 34.2 Å². The molecular formula is C19H15ClFN3O2. The van der Waals surface area contributed by atoms with Crippen molar-refractivity contribution in [3.05, 3.63) is 47.4 Å². The summed E-state index contributed by atoms with van der Waals surface area (Å²) < 4.78 is 18.9. The van der Waals surface area contributed by atoms with Gasteiger partial charge in [-0.2, -0.15) is 0 Å². The number of fused-ring (bicyclic) bond motifs is 1. The number of methoxy groups -OCH3 is 1. The van der Waals surface area contributed by atoms with E-state index in [1.807, 2.05) is 6.07 Å². The van der Waals surface area contributed by atoms with Crippen LogP contribution in [0.1, 0.15) is 12.8 Å². The maximum absolute atomic E-state index is 13.9. The minimum absolute atomic E-state index is 0.0891. The van der Waals surface area contributed by atoms with Crippen LogP contribution in [0.3, 0.4) is 0 Å². The maximum atomic E-state index is 13.9. The van der Waals surface area contributed by atoms with E-state index in [1.54, 1.807) is 23.2 Å². The van der Waals surface area contributed by atoms with E-state index in [4.69, 9.17) is 16.3 Å². The number of carbonyl (C=O) groups is 1. The quantitative estimate of drug-likeness (QED) is 0.691. The van der Waals surface area contributed by atoms with Crippen molar-refractivity contribution in [1.82, 2.24) is 9.97 Å². The summed E-state index contributed by atoms with van der Waals surface area (Å²) >= 11 is 6.31. The molecule has 3 heterocycles. The summed E-state index contributed by atoms with van der Waals surface area (Å²) in [4.78, 5) is 22.4. The molecule has 0 atom stereocenters. The van der Waals surface area contributed by atoms with E-state index in [1.165, 1.54) is 19.2 Å². The Bertz CT molecular complexity index is 1010. The van der Waals surface area contributed by atoms with Crippen LogP contribution in [0.4, 0.5) is 10.2 Å². The smallest absolute Gasteiger partial charge is 0.228 e. The third-order valence-electron chi connectivity index (χ3n) is 4.43. The molecule has 26 heavy (non-hydrogen) atoms. The van der Waals surface area contributed by atoms with E-state index in [0.717, 1.165) is 12.0 Å². The number of hydrogen-bond donors (Lipinski definition) is 0. The number of benzene rings is 1. The molecule has 0 spiro atoms. The summed E-state index contributed by atoms with van der Waals surface area (Å²) in [6.45, 7) is 0.691. The Morgan fingerprint density at radius 2 is 2.12 bits per heavy atom. The Balaban J connectivity index is 1.74. The van der Waals surface area contributed by atoms with Gasteiger partial charge in [-0.1, -0.05) is 11.6 Å². The number of rotatable bonds is 3. The molecule has 1 aromatic carbocycles.